The summed E-state index contributed by atoms with van der Waals surface area (Å²) < 4.78 is 67.4. The molecule has 0 fully saturated rings. The minimum absolute atomic E-state index is 0.0388. The molecule has 2 aromatic rings. The average Bonchev–Trinajstić information content (AvgIpc) is 2.95. The van der Waals surface area contributed by atoms with Crippen molar-refractivity contribution in [1.82, 2.24) is 13.9 Å². The topological polar surface area (TPSA) is 84.3 Å². The van der Waals surface area contributed by atoms with E-state index in [1.807, 2.05) is 5.32 Å². The summed E-state index contributed by atoms with van der Waals surface area (Å²) in [6.07, 6.45) is 1.58. The number of nitrogens with zero attached hydrogens (tertiary/aromatic N) is 3. The van der Waals surface area contributed by atoms with Crippen molar-refractivity contribution in [2.24, 2.45) is 7.05 Å². The lowest BCUT2D eigenvalue weighted by molar-refractivity contribution is -0.116. The standard InChI is InChI=1S/C15H16ClF3N4O3S/c1-3-6-23(27(25,26)15-14(16)22(2)8-20-15)7-11(24)21-10-5-4-9(17)12(18)13(10)19/h4-5,8H,3,6-7H2,1-2H3,(H,21,24). The molecule has 12 heteroatoms. The van der Waals surface area contributed by atoms with Crippen LogP contribution in [0.4, 0.5) is 18.9 Å². The Hall–Kier alpha value is -2.11. The van der Waals surface area contributed by atoms with Gasteiger partial charge in [0.1, 0.15) is 5.15 Å². The Bertz CT molecular complexity index is 965. The van der Waals surface area contributed by atoms with Gasteiger partial charge < -0.3 is 9.88 Å². The number of aromatic nitrogens is 2. The van der Waals surface area contributed by atoms with Gasteiger partial charge in [0.25, 0.3) is 10.0 Å². The summed E-state index contributed by atoms with van der Waals surface area (Å²) >= 11 is 5.92. The largest absolute Gasteiger partial charge is 0.324 e. The number of hydrogen-bond acceptors (Lipinski definition) is 4. The lowest BCUT2D eigenvalue weighted by Gasteiger charge is -2.20. The average molecular weight is 425 g/mol. The number of sulfonamides is 1. The zero-order valence-electron chi connectivity index (χ0n) is 14.3. The van der Waals surface area contributed by atoms with Gasteiger partial charge in [0.15, 0.2) is 17.5 Å². The SMILES string of the molecule is CCCN(CC(=O)Nc1ccc(F)c(F)c1F)S(=O)(=O)c1ncn(C)c1Cl. The summed E-state index contributed by atoms with van der Waals surface area (Å²) in [6, 6.07) is 1.47. The molecule has 0 unspecified atom stereocenters. The normalized spacial score (nSPS) is 11.8. The molecular weight excluding hydrogens is 409 g/mol. The predicted molar refractivity (Wildman–Crippen MR) is 92.2 cm³/mol. The van der Waals surface area contributed by atoms with Crippen molar-refractivity contribution in [1.29, 1.82) is 0 Å². The van der Waals surface area contributed by atoms with Crippen molar-refractivity contribution in [2.45, 2.75) is 18.4 Å². The molecule has 0 bridgehead atoms. The van der Waals surface area contributed by atoms with Gasteiger partial charge in [-0.05, 0) is 18.6 Å². The van der Waals surface area contributed by atoms with Crippen LogP contribution in [0.15, 0.2) is 23.5 Å². The second kappa shape index (κ2) is 8.28. The third kappa shape index (κ3) is 4.42. The van der Waals surface area contributed by atoms with E-state index in [4.69, 9.17) is 11.6 Å². The lowest BCUT2D eigenvalue weighted by Crippen LogP contribution is -2.39. The number of imidazole rings is 1. The first-order chi connectivity index (χ1) is 12.6. The molecular formula is C15H16ClF3N4O3S. The highest BCUT2D eigenvalue weighted by molar-refractivity contribution is 7.89. The molecule has 0 aliphatic heterocycles. The molecule has 148 valence electrons. The number of halogens is 4. The first-order valence-electron chi connectivity index (χ1n) is 7.69. The molecule has 1 aromatic heterocycles. The zero-order chi connectivity index (χ0) is 20.4. The van der Waals surface area contributed by atoms with Crippen LogP contribution in [0.25, 0.3) is 0 Å². The Balaban J connectivity index is 2.24. The zero-order valence-corrected chi connectivity index (χ0v) is 15.9. The minimum atomic E-state index is -4.20. The van der Waals surface area contributed by atoms with Gasteiger partial charge in [-0.1, -0.05) is 18.5 Å². The van der Waals surface area contributed by atoms with Gasteiger partial charge >= 0.3 is 0 Å². The molecule has 0 saturated carbocycles. The molecule has 27 heavy (non-hydrogen) atoms. The molecule has 0 radical (unpaired) electrons. The highest BCUT2D eigenvalue weighted by Crippen LogP contribution is 2.23. The number of amides is 1. The van der Waals surface area contributed by atoms with Crippen molar-refractivity contribution < 1.29 is 26.4 Å². The van der Waals surface area contributed by atoms with Crippen molar-refractivity contribution in [3.63, 3.8) is 0 Å². The van der Waals surface area contributed by atoms with E-state index in [-0.39, 0.29) is 11.7 Å². The van der Waals surface area contributed by atoms with Crippen molar-refractivity contribution in [2.75, 3.05) is 18.4 Å². The molecule has 0 aliphatic carbocycles. The number of nitrogens with one attached hydrogen (secondary N) is 1. The molecule has 0 saturated heterocycles. The summed E-state index contributed by atoms with van der Waals surface area (Å²) in [4.78, 5) is 15.9. The van der Waals surface area contributed by atoms with Crippen LogP contribution in [-0.2, 0) is 21.9 Å². The van der Waals surface area contributed by atoms with Gasteiger partial charge in [-0.25, -0.2) is 26.6 Å². The van der Waals surface area contributed by atoms with Gasteiger partial charge in [0.2, 0.25) is 10.9 Å². The van der Waals surface area contributed by atoms with Crippen LogP contribution in [0.5, 0.6) is 0 Å². The first-order valence-corrected chi connectivity index (χ1v) is 9.51. The smallest absolute Gasteiger partial charge is 0.264 e. The second-order valence-electron chi connectivity index (χ2n) is 5.56. The second-order valence-corrected chi connectivity index (χ2v) is 7.77. The molecule has 0 aliphatic rings. The Morgan fingerprint density at radius 3 is 2.52 bits per heavy atom. The van der Waals surface area contributed by atoms with Gasteiger partial charge in [0.05, 0.1) is 18.6 Å². The van der Waals surface area contributed by atoms with Gasteiger partial charge in [-0.2, -0.15) is 4.31 Å². The first kappa shape index (κ1) is 21.2. The van der Waals surface area contributed by atoms with Crippen molar-refractivity contribution >= 4 is 33.2 Å². The molecule has 7 nitrogen and oxygen atoms in total. The molecule has 1 amide bonds. The number of carbonyl (C=O) groups excluding carboxylic acids is 1. The van der Waals surface area contributed by atoms with Gasteiger partial charge in [0, 0.05) is 13.6 Å². The fraction of sp³-hybridized carbons (Fsp3) is 0.333. The van der Waals surface area contributed by atoms with Crippen LogP contribution < -0.4 is 5.32 Å². The Kier molecular flexibility index (Phi) is 6.50. The van der Waals surface area contributed by atoms with Gasteiger partial charge in [-0.15, -0.1) is 0 Å². The number of anilines is 1. The summed E-state index contributed by atoms with van der Waals surface area (Å²) in [6.45, 7) is 0.958. The summed E-state index contributed by atoms with van der Waals surface area (Å²) in [5.41, 5.74) is -0.608. The van der Waals surface area contributed by atoms with Crippen LogP contribution in [0.1, 0.15) is 13.3 Å². The summed E-state index contributed by atoms with van der Waals surface area (Å²) in [7, 11) is -2.71. The highest BCUT2D eigenvalue weighted by atomic mass is 35.5. The van der Waals surface area contributed by atoms with E-state index in [0.29, 0.717) is 12.5 Å². The molecule has 1 aromatic carbocycles. The van der Waals surface area contributed by atoms with E-state index in [2.05, 4.69) is 4.98 Å². The quantitative estimate of drug-likeness (QED) is 0.692. The fourth-order valence-corrected chi connectivity index (χ4v) is 4.07. The minimum Gasteiger partial charge on any atom is -0.324 e. The van der Waals surface area contributed by atoms with Crippen LogP contribution in [0.2, 0.25) is 5.15 Å². The van der Waals surface area contributed by atoms with E-state index in [1.165, 1.54) is 17.9 Å². The van der Waals surface area contributed by atoms with Crippen LogP contribution in [-0.4, -0.2) is 41.3 Å². The Labute approximate surface area is 158 Å². The molecule has 1 N–H and O–H groups in total. The maximum Gasteiger partial charge on any atom is 0.264 e. The third-order valence-electron chi connectivity index (χ3n) is 3.52. The third-order valence-corrected chi connectivity index (χ3v) is 5.86. The Morgan fingerprint density at radius 2 is 1.96 bits per heavy atom. The van der Waals surface area contributed by atoms with E-state index in [1.54, 1.807) is 6.92 Å². The number of benzene rings is 1. The number of hydrogen-bond donors (Lipinski definition) is 1. The lowest BCUT2D eigenvalue weighted by atomic mass is 10.2. The predicted octanol–water partition coefficient (Wildman–Crippen LogP) is 2.53. The van der Waals surface area contributed by atoms with E-state index in [9.17, 15) is 26.4 Å². The summed E-state index contributed by atoms with van der Waals surface area (Å²) in [5, 5.41) is 1.47. The molecule has 0 spiro atoms. The monoisotopic (exact) mass is 424 g/mol. The van der Waals surface area contributed by atoms with Gasteiger partial charge in [-0.3, -0.25) is 4.79 Å². The maximum atomic E-state index is 13.7. The van der Waals surface area contributed by atoms with E-state index >= 15 is 0 Å². The van der Waals surface area contributed by atoms with E-state index in [0.717, 1.165) is 10.4 Å². The highest BCUT2D eigenvalue weighted by Gasteiger charge is 2.31. The number of carbonyl (C=O) groups is 1. The van der Waals surface area contributed by atoms with Crippen molar-refractivity contribution in [3.05, 3.63) is 41.1 Å². The maximum absolute atomic E-state index is 13.7. The molecule has 0 atom stereocenters. The van der Waals surface area contributed by atoms with Crippen LogP contribution in [0.3, 0.4) is 0 Å². The Morgan fingerprint density at radius 1 is 1.30 bits per heavy atom. The molecule has 2 rings (SSSR count). The fourth-order valence-electron chi connectivity index (χ4n) is 2.20. The number of aryl methyl sites for hydroxylation is 1. The van der Waals surface area contributed by atoms with Crippen LogP contribution >= 0.6 is 11.6 Å². The number of rotatable bonds is 7. The van der Waals surface area contributed by atoms with Crippen LogP contribution in [0, 0.1) is 17.5 Å². The van der Waals surface area contributed by atoms with Crippen molar-refractivity contribution in [3.8, 4) is 0 Å². The molecule has 1 heterocycles. The summed E-state index contributed by atoms with van der Waals surface area (Å²) in [5.74, 6) is -5.68. The van der Waals surface area contributed by atoms with E-state index < -0.39 is 50.6 Å².